The van der Waals surface area contributed by atoms with Crippen molar-refractivity contribution in [3.05, 3.63) is 47.1 Å². The molecule has 0 fully saturated rings. The minimum Gasteiger partial charge on any atom is -0.0845 e. The molecule has 1 unspecified atom stereocenters. The standard InChI is InChI=1S/C15H22/c1-5-7-9-14(8-6-2)15-11-10-12(3)13(15)4/h7-11,15H,5-6H2,1-4H3/b9-7-,14-8+. The molecule has 0 aromatic carbocycles. The topological polar surface area (TPSA) is 0 Å². The van der Waals surface area contributed by atoms with E-state index in [-0.39, 0.29) is 0 Å². The zero-order chi connectivity index (χ0) is 11.3. The molecule has 0 saturated heterocycles. The highest BCUT2D eigenvalue weighted by molar-refractivity contribution is 5.43. The molecule has 0 spiro atoms. The van der Waals surface area contributed by atoms with E-state index in [1.54, 1.807) is 0 Å². The van der Waals surface area contributed by atoms with Gasteiger partial charge in [-0.15, -0.1) is 0 Å². The Bertz CT molecular complexity index is 324. The van der Waals surface area contributed by atoms with Crippen molar-refractivity contribution < 1.29 is 0 Å². The summed E-state index contributed by atoms with van der Waals surface area (Å²) in [5, 5.41) is 0. The molecule has 82 valence electrons. The molecule has 0 N–H and O–H groups in total. The highest BCUT2D eigenvalue weighted by atomic mass is 14.2. The first kappa shape index (κ1) is 12.0. The molecular formula is C15H22. The van der Waals surface area contributed by atoms with Crippen molar-refractivity contribution >= 4 is 0 Å². The maximum Gasteiger partial charge on any atom is 0.0231 e. The average molecular weight is 202 g/mol. The summed E-state index contributed by atoms with van der Waals surface area (Å²) in [5.41, 5.74) is 4.37. The Hall–Kier alpha value is -1.04. The molecule has 0 bridgehead atoms. The highest BCUT2D eigenvalue weighted by Crippen LogP contribution is 2.31. The van der Waals surface area contributed by atoms with Crippen LogP contribution in [0, 0.1) is 5.92 Å². The van der Waals surface area contributed by atoms with Gasteiger partial charge >= 0.3 is 0 Å². The van der Waals surface area contributed by atoms with E-state index in [1.807, 2.05) is 0 Å². The Labute approximate surface area is 94.1 Å². The van der Waals surface area contributed by atoms with Crippen LogP contribution in [0.2, 0.25) is 0 Å². The third kappa shape index (κ3) is 2.95. The summed E-state index contributed by atoms with van der Waals surface area (Å²) >= 11 is 0. The van der Waals surface area contributed by atoms with E-state index in [0.717, 1.165) is 12.8 Å². The van der Waals surface area contributed by atoms with E-state index in [0.29, 0.717) is 5.92 Å². The van der Waals surface area contributed by atoms with Gasteiger partial charge in [0.2, 0.25) is 0 Å². The van der Waals surface area contributed by atoms with Gasteiger partial charge in [0.25, 0.3) is 0 Å². The molecule has 0 saturated carbocycles. The minimum atomic E-state index is 0.521. The van der Waals surface area contributed by atoms with Gasteiger partial charge in [0.05, 0.1) is 0 Å². The largest absolute Gasteiger partial charge is 0.0845 e. The van der Waals surface area contributed by atoms with E-state index < -0.39 is 0 Å². The van der Waals surface area contributed by atoms with Gasteiger partial charge in [-0.2, -0.15) is 0 Å². The summed E-state index contributed by atoms with van der Waals surface area (Å²) in [5.74, 6) is 0.521. The first-order valence-electron chi connectivity index (χ1n) is 5.92. The zero-order valence-electron chi connectivity index (χ0n) is 10.4. The summed E-state index contributed by atoms with van der Waals surface area (Å²) in [4.78, 5) is 0. The second kappa shape index (κ2) is 5.75. The molecule has 0 aliphatic heterocycles. The first-order valence-corrected chi connectivity index (χ1v) is 5.92. The van der Waals surface area contributed by atoms with Gasteiger partial charge in [-0.05, 0) is 32.3 Å². The molecule has 0 radical (unpaired) electrons. The van der Waals surface area contributed by atoms with Gasteiger partial charge in [-0.1, -0.05) is 55.4 Å². The Kier molecular flexibility index (Phi) is 4.61. The van der Waals surface area contributed by atoms with Crippen molar-refractivity contribution in [3.63, 3.8) is 0 Å². The smallest absolute Gasteiger partial charge is 0.0231 e. The quantitative estimate of drug-likeness (QED) is 0.574. The van der Waals surface area contributed by atoms with E-state index in [2.05, 4.69) is 58.1 Å². The normalized spacial score (nSPS) is 22.1. The third-order valence-electron chi connectivity index (χ3n) is 2.97. The molecule has 15 heavy (non-hydrogen) atoms. The molecule has 1 aliphatic carbocycles. The zero-order valence-corrected chi connectivity index (χ0v) is 10.4. The van der Waals surface area contributed by atoms with E-state index >= 15 is 0 Å². The molecule has 0 aromatic rings. The fourth-order valence-electron chi connectivity index (χ4n) is 1.91. The maximum atomic E-state index is 2.34. The second-order valence-corrected chi connectivity index (χ2v) is 4.13. The van der Waals surface area contributed by atoms with Crippen LogP contribution >= 0.6 is 0 Å². The number of allylic oxidation sites excluding steroid dienone is 8. The lowest BCUT2D eigenvalue weighted by Gasteiger charge is -2.12. The molecule has 1 aliphatic rings. The molecular weight excluding hydrogens is 180 g/mol. The molecule has 0 heteroatoms. The monoisotopic (exact) mass is 202 g/mol. The summed E-state index contributed by atoms with van der Waals surface area (Å²) < 4.78 is 0. The van der Waals surface area contributed by atoms with Crippen LogP contribution in [0.4, 0.5) is 0 Å². The SMILES string of the molecule is CC/C=C\C(=C/CC)C1C=CC(C)=C1C. The van der Waals surface area contributed by atoms with Crippen LogP contribution in [0.15, 0.2) is 47.1 Å². The Morgan fingerprint density at radius 1 is 1.27 bits per heavy atom. The third-order valence-corrected chi connectivity index (χ3v) is 2.97. The first-order chi connectivity index (χ1) is 7.20. The highest BCUT2D eigenvalue weighted by Gasteiger charge is 2.16. The van der Waals surface area contributed by atoms with Gasteiger partial charge < -0.3 is 0 Å². The van der Waals surface area contributed by atoms with Crippen molar-refractivity contribution in [3.8, 4) is 0 Å². The fourth-order valence-corrected chi connectivity index (χ4v) is 1.91. The van der Waals surface area contributed by atoms with E-state index in [9.17, 15) is 0 Å². The van der Waals surface area contributed by atoms with Crippen LogP contribution in [0.1, 0.15) is 40.5 Å². The van der Waals surface area contributed by atoms with Crippen LogP contribution in [-0.2, 0) is 0 Å². The van der Waals surface area contributed by atoms with E-state index in [1.165, 1.54) is 16.7 Å². The van der Waals surface area contributed by atoms with Crippen molar-refractivity contribution in [2.24, 2.45) is 5.92 Å². The Morgan fingerprint density at radius 2 is 2.00 bits per heavy atom. The summed E-state index contributed by atoms with van der Waals surface area (Å²) in [6, 6.07) is 0. The Balaban J connectivity index is 2.88. The number of hydrogen-bond donors (Lipinski definition) is 0. The molecule has 0 aromatic heterocycles. The average Bonchev–Trinajstić information content (AvgIpc) is 2.55. The molecule has 0 amide bonds. The summed E-state index contributed by atoms with van der Waals surface area (Å²) in [6.07, 6.45) is 13.6. The van der Waals surface area contributed by atoms with Crippen LogP contribution in [0.25, 0.3) is 0 Å². The summed E-state index contributed by atoms with van der Waals surface area (Å²) in [6.45, 7) is 8.81. The van der Waals surface area contributed by atoms with Gasteiger partial charge in [-0.25, -0.2) is 0 Å². The van der Waals surface area contributed by atoms with Crippen LogP contribution in [-0.4, -0.2) is 0 Å². The van der Waals surface area contributed by atoms with Crippen molar-refractivity contribution in [1.82, 2.24) is 0 Å². The van der Waals surface area contributed by atoms with Crippen molar-refractivity contribution in [2.75, 3.05) is 0 Å². The predicted octanol–water partition coefficient (Wildman–Crippen LogP) is 4.81. The lowest BCUT2D eigenvalue weighted by molar-refractivity contribution is 0.918. The number of hydrogen-bond acceptors (Lipinski definition) is 0. The van der Waals surface area contributed by atoms with Crippen LogP contribution < -0.4 is 0 Å². The predicted molar refractivity (Wildman–Crippen MR) is 68.8 cm³/mol. The van der Waals surface area contributed by atoms with Gasteiger partial charge in [0.1, 0.15) is 0 Å². The van der Waals surface area contributed by atoms with Crippen LogP contribution in [0.5, 0.6) is 0 Å². The Morgan fingerprint density at radius 3 is 2.47 bits per heavy atom. The molecule has 1 rings (SSSR count). The van der Waals surface area contributed by atoms with Gasteiger partial charge in [0, 0.05) is 5.92 Å². The lowest BCUT2D eigenvalue weighted by atomic mass is 9.92. The number of rotatable bonds is 4. The minimum absolute atomic E-state index is 0.521. The fraction of sp³-hybridized carbons (Fsp3) is 0.467. The van der Waals surface area contributed by atoms with Gasteiger partial charge in [-0.3, -0.25) is 0 Å². The maximum absolute atomic E-state index is 2.34. The lowest BCUT2D eigenvalue weighted by Crippen LogP contribution is -1.98. The second-order valence-electron chi connectivity index (χ2n) is 4.13. The van der Waals surface area contributed by atoms with E-state index in [4.69, 9.17) is 0 Å². The molecule has 0 nitrogen and oxygen atoms in total. The molecule has 0 heterocycles. The van der Waals surface area contributed by atoms with Crippen LogP contribution in [0.3, 0.4) is 0 Å². The summed E-state index contributed by atoms with van der Waals surface area (Å²) in [7, 11) is 0. The van der Waals surface area contributed by atoms with Crippen molar-refractivity contribution in [1.29, 1.82) is 0 Å². The van der Waals surface area contributed by atoms with Gasteiger partial charge in [0.15, 0.2) is 0 Å². The van der Waals surface area contributed by atoms with Crippen molar-refractivity contribution in [2.45, 2.75) is 40.5 Å². The molecule has 1 atom stereocenters.